The van der Waals surface area contributed by atoms with Crippen molar-refractivity contribution in [2.75, 3.05) is 47.5 Å². The predicted octanol–water partition coefficient (Wildman–Crippen LogP) is 0.108. The van der Waals surface area contributed by atoms with Gasteiger partial charge in [-0.25, -0.2) is 0 Å². The largest absolute Gasteiger partial charge is 0.376 e. The Hall–Kier alpha value is -0.120. The quantitative estimate of drug-likeness (QED) is 0.534. The predicted molar refractivity (Wildman–Crippen MR) is 43.5 cm³/mol. The Morgan fingerprint density at radius 3 is 2.45 bits per heavy atom. The molecule has 0 aromatic carbocycles. The molecule has 3 heteroatoms. The Balaban J connectivity index is 2.24. The van der Waals surface area contributed by atoms with Crippen molar-refractivity contribution in [2.45, 2.75) is 6.10 Å². The minimum absolute atomic E-state index is 0.295. The molecular formula is C8H18NO2+. The smallest absolute Gasteiger partial charge is 0.130 e. The van der Waals surface area contributed by atoms with Gasteiger partial charge in [-0.1, -0.05) is 0 Å². The molecular weight excluding hydrogens is 142 g/mol. The third-order valence-electron chi connectivity index (χ3n) is 1.64. The van der Waals surface area contributed by atoms with Crippen LogP contribution in [0.5, 0.6) is 0 Å². The van der Waals surface area contributed by atoms with Gasteiger partial charge in [-0.3, -0.25) is 0 Å². The maximum absolute atomic E-state index is 5.51. The zero-order valence-electron chi connectivity index (χ0n) is 7.67. The highest BCUT2D eigenvalue weighted by Crippen LogP contribution is 2.04. The number of hydrogen-bond donors (Lipinski definition) is 0. The highest BCUT2D eigenvalue weighted by molar-refractivity contribution is 4.58. The molecule has 1 aliphatic rings. The van der Waals surface area contributed by atoms with Crippen LogP contribution in [0.2, 0.25) is 0 Å². The van der Waals surface area contributed by atoms with Crippen molar-refractivity contribution in [3.63, 3.8) is 0 Å². The molecule has 1 atom stereocenters. The van der Waals surface area contributed by atoms with Crippen molar-refractivity contribution in [2.24, 2.45) is 0 Å². The van der Waals surface area contributed by atoms with E-state index in [1.807, 2.05) is 0 Å². The molecule has 0 aromatic rings. The fourth-order valence-electron chi connectivity index (χ4n) is 1.25. The highest BCUT2D eigenvalue weighted by atomic mass is 16.6. The van der Waals surface area contributed by atoms with E-state index in [4.69, 9.17) is 9.47 Å². The Kier molecular flexibility index (Phi) is 2.87. The van der Waals surface area contributed by atoms with Gasteiger partial charge in [-0.2, -0.15) is 0 Å². The van der Waals surface area contributed by atoms with Crippen molar-refractivity contribution < 1.29 is 14.0 Å². The maximum Gasteiger partial charge on any atom is 0.130 e. The van der Waals surface area contributed by atoms with E-state index in [0.717, 1.165) is 30.8 Å². The number of likely N-dealkylation sites (N-methyl/N-ethyl adjacent to an activating group) is 1. The average Bonchev–Trinajstić information content (AvgIpc) is 1.85. The number of ether oxygens (including phenoxy) is 2. The number of hydrogen-bond acceptors (Lipinski definition) is 2. The molecule has 1 saturated heterocycles. The standard InChI is InChI=1S/C8H18NO2/c1-9(2,3)6-8-7-10-4-5-11-8/h8H,4-7H2,1-3H3/q+1. The summed E-state index contributed by atoms with van der Waals surface area (Å²) < 4.78 is 11.7. The van der Waals surface area contributed by atoms with Gasteiger partial charge in [0.15, 0.2) is 0 Å². The van der Waals surface area contributed by atoms with E-state index in [0.29, 0.717) is 6.10 Å². The van der Waals surface area contributed by atoms with Gasteiger partial charge >= 0.3 is 0 Å². The summed E-state index contributed by atoms with van der Waals surface area (Å²) in [6, 6.07) is 0. The van der Waals surface area contributed by atoms with E-state index in [-0.39, 0.29) is 0 Å². The first-order valence-corrected chi connectivity index (χ1v) is 4.08. The van der Waals surface area contributed by atoms with Crippen LogP contribution in [0.25, 0.3) is 0 Å². The summed E-state index contributed by atoms with van der Waals surface area (Å²) in [5.41, 5.74) is 0. The first kappa shape index (κ1) is 8.97. The lowest BCUT2D eigenvalue weighted by atomic mass is 10.3. The second-order valence-corrected chi connectivity index (χ2v) is 4.04. The SMILES string of the molecule is C[N+](C)(C)CC1COCCO1. The Morgan fingerprint density at radius 2 is 2.00 bits per heavy atom. The molecule has 3 nitrogen and oxygen atoms in total. The van der Waals surface area contributed by atoms with Gasteiger partial charge in [0.25, 0.3) is 0 Å². The summed E-state index contributed by atoms with van der Waals surface area (Å²) in [5, 5.41) is 0. The van der Waals surface area contributed by atoms with Crippen LogP contribution in [0.15, 0.2) is 0 Å². The number of nitrogens with zero attached hydrogens (tertiary/aromatic N) is 1. The lowest BCUT2D eigenvalue weighted by Crippen LogP contribution is -2.46. The van der Waals surface area contributed by atoms with E-state index >= 15 is 0 Å². The Bertz CT molecular complexity index is 114. The van der Waals surface area contributed by atoms with E-state index in [1.54, 1.807) is 0 Å². The minimum Gasteiger partial charge on any atom is -0.376 e. The van der Waals surface area contributed by atoms with Crippen LogP contribution in [-0.2, 0) is 9.47 Å². The summed E-state index contributed by atoms with van der Waals surface area (Å²) in [6.45, 7) is 3.30. The fraction of sp³-hybridized carbons (Fsp3) is 1.00. The Labute approximate surface area is 68.5 Å². The molecule has 66 valence electrons. The molecule has 0 bridgehead atoms. The first-order chi connectivity index (χ1) is 5.08. The number of rotatable bonds is 2. The van der Waals surface area contributed by atoms with Crippen LogP contribution in [0.4, 0.5) is 0 Å². The summed E-state index contributed by atoms with van der Waals surface area (Å²) in [4.78, 5) is 0. The molecule has 1 fully saturated rings. The van der Waals surface area contributed by atoms with Crippen LogP contribution >= 0.6 is 0 Å². The second kappa shape index (κ2) is 3.52. The third-order valence-corrected chi connectivity index (χ3v) is 1.64. The summed E-state index contributed by atoms with van der Waals surface area (Å²) in [7, 11) is 6.49. The molecule has 0 spiro atoms. The fourth-order valence-corrected chi connectivity index (χ4v) is 1.25. The molecule has 1 rings (SSSR count). The maximum atomic E-state index is 5.51. The van der Waals surface area contributed by atoms with Crippen LogP contribution in [0.1, 0.15) is 0 Å². The van der Waals surface area contributed by atoms with Gasteiger partial charge in [0.05, 0.1) is 41.0 Å². The summed E-state index contributed by atoms with van der Waals surface area (Å²) in [5.74, 6) is 0. The van der Waals surface area contributed by atoms with Gasteiger partial charge in [-0.15, -0.1) is 0 Å². The van der Waals surface area contributed by atoms with Crippen molar-refractivity contribution in [1.82, 2.24) is 0 Å². The summed E-state index contributed by atoms with van der Waals surface area (Å²) >= 11 is 0. The monoisotopic (exact) mass is 160 g/mol. The molecule has 1 unspecified atom stereocenters. The molecule has 0 N–H and O–H groups in total. The zero-order chi connectivity index (χ0) is 8.32. The van der Waals surface area contributed by atoms with E-state index in [2.05, 4.69) is 21.1 Å². The van der Waals surface area contributed by atoms with Crippen LogP contribution in [-0.4, -0.2) is 58.1 Å². The third kappa shape index (κ3) is 3.70. The second-order valence-electron chi connectivity index (χ2n) is 4.04. The lowest BCUT2D eigenvalue weighted by molar-refractivity contribution is -0.874. The van der Waals surface area contributed by atoms with Crippen molar-refractivity contribution in [3.05, 3.63) is 0 Å². The van der Waals surface area contributed by atoms with Crippen LogP contribution < -0.4 is 0 Å². The lowest BCUT2D eigenvalue weighted by Gasteiger charge is -2.31. The van der Waals surface area contributed by atoms with Gasteiger partial charge in [0.1, 0.15) is 12.6 Å². The van der Waals surface area contributed by atoms with Crippen molar-refractivity contribution in [3.8, 4) is 0 Å². The molecule has 1 heterocycles. The van der Waals surface area contributed by atoms with Crippen molar-refractivity contribution in [1.29, 1.82) is 0 Å². The summed E-state index contributed by atoms with van der Waals surface area (Å²) in [6.07, 6.45) is 0.295. The van der Waals surface area contributed by atoms with Gasteiger partial charge in [-0.05, 0) is 0 Å². The van der Waals surface area contributed by atoms with Crippen LogP contribution in [0, 0.1) is 0 Å². The van der Waals surface area contributed by atoms with Crippen LogP contribution in [0.3, 0.4) is 0 Å². The normalized spacial score (nSPS) is 27.0. The van der Waals surface area contributed by atoms with Gasteiger partial charge in [0, 0.05) is 0 Å². The topological polar surface area (TPSA) is 18.5 Å². The van der Waals surface area contributed by atoms with E-state index in [1.165, 1.54) is 0 Å². The minimum atomic E-state index is 0.295. The molecule has 0 radical (unpaired) electrons. The molecule has 11 heavy (non-hydrogen) atoms. The zero-order valence-corrected chi connectivity index (χ0v) is 7.67. The molecule has 0 aromatic heterocycles. The van der Waals surface area contributed by atoms with Crippen molar-refractivity contribution >= 4 is 0 Å². The molecule has 0 amide bonds. The molecule has 0 saturated carbocycles. The van der Waals surface area contributed by atoms with E-state index in [9.17, 15) is 0 Å². The first-order valence-electron chi connectivity index (χ1n) is 4.08. The molecule has 0 aliphatic carbocycles. The average molecular weight is 160 g/mol. The highest BCUT2D eigenvalue weighted by Gasteiger charge is 2.21. The Morgan fingerprint density at radius 1 is 1.27 bits per heavy atom. The van der Waals surface area contributed by atoms with E-state index < -0.39 is 0 Å². The van der Waals surface area contributed by atoms with Gasteiger partial charge in [0.2, 0.25) is 0 Å². The molecule has 1 aliphatic heterocycles. The number of quaternary nitrogens is 1. The van der Waals surface area contributed by atoms with Gasteiger partial charge < -0.3 is 14.0 Å².